The predicted molar refractivity (Wildman–Crippen MR) is 55.7 cm³/mol. The number of hydrogen-bond donors (Lipinski definition) is 0. The van der Waals surface area contributed by atoms with Gasteiger partial charge in [0.25, 0.3) is 0 Å². The van der Waals surface area contributed by atoms with Crippen LogP contribution in [0.4, 0.5) is 0 Å². The van der Waals surface area contributed by atoms with Crippen LogP contribution in [0, 0.1) is 11.3 Å². The first-order valence-electron chi connectivity index (χ1n) is 5.08. The smallest absolute Gasteiger partial charge is 0.124 e. The van der Waals surface area contributed by atoms with Crippen molar-refractivity contribution in [2.45, 2.75) is 19.4 Å². The van der Waals surface area contributed by atoms with Gasteiger partial charge in [-0.1, -0.05) is 31.2 Å². The minimum absolute atomic E-state index is 0.0371. The van der Waals surface area contributed by atoms with Gasteiger partial charge in [-0.05, 0) is 24.1 Å². The monoisotopic (exact) mass is 186 g/mol. The van der Waals surface area contributed by atoms with Gasteiger partial charge in [0.1, 0.15) is 6.04 Å². The van der Waals surface area contributed by atoms with Gasteiger partial charge in [-0.25, -0.2) is 0 Å². The Labute approximate surface area is 84.8 Å². The average molecular weight is 186 g/mol. The minimum Gasteiger partial charge on any atom is -0.284 e. The molecule has 1 atom stereocenters. The SMILES string of the molecule is CCN1CCc2ccccc2C1C#N. The zero-order chi connectivity index (χ0) is 9.97. The van der Waals surface area contributed by atoms with E-state index in [-0.39, 0.29) is 6.04 Å². The Balaban J connectivity index is 2.40. The van der Waals surface area contributed by atoms with Crippen LogP contribution in [0.2, 0.25) is 0 Å². The first kappa shape index (κ1) is 9.23. The summed E-state index contributed by atoms with van der Waals surface area (Å²) in [7, 11) is 0. The highest BCUT2D eigenvalue weighted by molar-refractivity contribution is 5.35. The zero-order valence-corrected chi connectivity index (χ0v) is 8.40. The minimum atomic E-state index is -0.0371. The summed E-state index contributed by atoms with van der Waals surface area (Å²) in [5, 5.41) is 9.15. The zero-order valence-electron chi connectivity index (χ0n) is 8.40. The first-order chi connectivity index (χ1) is 6.86. The molecule has 2 nitrogen and oxygen atoms in total. The molecular weight excluding hydrogens is 172 g/mol. The van der Waals surface area contributed by atoms with E-state index in [4.69, 9.17) is 5.26 Å². The second kappa shape index (κ2) is 3.81. The van der Waals surface area contributed by atoms with E-state index < -0.39 is 0 Å². The van der Waals surface area contributed by atoms with Crippen molar-refractivity contribution in [1.82, 2.24) is 4.90 Å². The molecule has 0 saturated carbocycles. The van der Waals surface area contributed by atoms with Gasteiger partial charge in [-0.2, -0.15) is 5.26 Å². The Morgan fingerprint density at radius 2 is 2.29 bits per heavy atom. The lowest BCUT2D eigenvalue weighted by Gasteiger charge is -2.32. The normalized spacial score (nSPS) is 21.3. The topological polar surface area (TPSA) is 27.0 Å². The molecule has 0 N–H and O–H groups in total. The van der Waals surface area contributed by atoms with Crippen LogP contribution in [0.3, 0.4) is 0 Å². The second-order valence-corrected chi connectivity index (χ2v) is 3.61. The van der Waals surface area contributed by atoms with Crippen LogP contribution >= 0.6 is 0 Å². The molecule has 1 aromatic rings. The summed E-state index contributed by atoms with van der Waals surface area (Å²) < 4.78 is 0. The highest BCUT2D eigenvalue weighted by atomic mass is 15.2. The molecule has 1 unspecified atom stereocenters. The number of rotatable bonds is 1. The van der Waals surface area contributed by atoms with Gasteiger partial charge in [-0.3, -0.25) is 4.90 Å². The molecule has 72 valence electrons. The summed E-state index contributed by atoms with van der Waals surface area (Å²) in [5.74, 6) is 0. The van der Waals surface area contributed by atoms with Gasteiger partial charge in [0.15, 0.2) is 0 Å². The lowest BCUT2D eigenvalue weighted by atomic mass is 9.93. The van der Waals surface area contributed by atoms with Crippen molar-refractivity contribution >= 4 is 0 Å². The summed E-state index contributed by atoms with van der Waals surface area (Å²) in [5.41, 5.74) is 2.53. The van der Waals surface area contributed by atoms with Crippen molar-refractivity contribution in [3.8, 4) is 6.07 Å². The molecule has 2 heteroatoms. The van der Waals surface area contributed by atoms with Gasteiger partial charge in [0.2, 0.25) is 0 Å². The van der Waals surface area contributed by atoms with Crippen LogP contribution in [-0.2, 0) is 6.42 Å². The number of benzene rings is 1. The van der Waals surface area contributed by atoms with E-state index >= 15 is 0 Å². The van der Waals surface area contributed by atoms with E-state index in [1.165, 1.54) is 11.1 Å². The Morgan fingerprint density at radius 3 is 3.00 bits per heavy atom. The molecule has 1 aliphatic heterocycles. The predicted octanol–water partition coefficient (Wildman–Crippen LogP) is 2.13. The fourth-order valence-corrected chi connectivity index (χ4v) is 2.11. The van der Waals surface area contributed by atoms with E-state index in [0.717, 1.165) is 19.5 Å². The van der Waals surface area contributed by atoms with Crippen LogP contribution in [-0.4, -0.2) is 18.0 Å². The van der Waals surface area contributed by atoms with Gasteiger partial charge < -0.3 is 0 Å². The quantitative estimate of drug-likeness (QED) is 0.671. The number of likely N-dealkylation sites (N-methyl/N-ethyl adjacent to an activating group) is 1. The van der Waals surface area contributed by atoms with Gasteiger partial charge in [0, 0.05) is 6.54 Å². The molecule has 0 spiro atoms. The van der Waals surface area contributed by atoms with Crippen molar-refractivity contribution in [3.63, 3.8) is 0 Å². The molecule has 1 aliphatic rings. The standard InChI is InChI=1S/C12H14N2/c1-2-14-8-7-10-5-3-4-6-11(10)12(14)9-13/h3-6,12H,2,7-8H2,1H3. The molecule has 0 radical (unpaired) electrons. The van der Waals surface area contributed by atoms with Crippen molar-refractivity contribution in [3.05, 3.63) is 35.4 Å². The number of nitriles is 1. The highest BCUT2D eigenvalue weighted by Crippen LogP contribution is 2.28. The molecule has 0 aliphatic carbocycles. The Hall–Kier alpha value is -1.33. The molecule has 1 heterocycles. The largest absolute Gasteiger partial charge is 0.284 e. The Morgan fingerprint density at radius 1 is 1.50 bits per heavy atom. The second-order valence-electron chi connectivity index (χ2n) is 3.61. The Bertz CT molecular complexity index is 365. The van der Waals surface area contributed by atoms with E-state index in [9.17, 15) is 0 Å². The molecule has 1 aromatic carbocycles. The maximum Gasteiger partial charge on any atom is 0.124 e. The molecule has 0 amide bonds. The van der Waals surface area contributed by atoms with E-state index in [0.29, 0.717) is 0 Å². The molecule has 0 bridgehead atoms. The highest BCUT2D eigenvalue weighted by Gasteiger charge is 2.25. The summed E-state index contributed by atoms with van der Waals surface area (Å²) >= 11 is 0. The summed E-state index contributed by atoms with van der Waals surface area (Å²) in [4.78, 5) is 2.22. The molecular formula is C12H14N2. The fraction of sp³-hybridized carbons (Fsp3) is 0.417. The van der Waals surface area contributed by atoms with Crippen molar-refractivity contribution < 1.29 is 0 Å². The molecule has 14 heavy (non-hydrogen) atoms. The summed E-state index contributed by atoms with van der Waals surface area (Å²) in [6, 6.07) is 10.6. The van der Waals surface area contributed by atoms with Gasteiger partial charge in [0.05, 0.1) is 6.07 Å². The van der Waals surface area contributed by atoms with Crippen molar-refractivity contribution in [1.29, 1.82) is 5.26 Å². The number of fused-ring (bicyclic) bond motifs is 1. The average Bonchev–Trinajstić information content (AvgIpc) is 2.27. The van der Waals surface area contributed by atoms with E-state index in [2.05, 4.69) is 36.1 Å². The van der Waals surface area contributed by atoms with Gasteiger partial charge >= 0.3 is 0 Å². The molecule has 0 saturated heterocycles. The third kappa shape index (κ3) is 1.40. The first-order valence-corrected chi connectivity index (χ1v) is 5.08. The maximum absolute atomic E-state index is 9.15. The third-order valence-corrected chi connectivity index (χ3v) is 2.91. The van der Waals surface area contributed by atoms with Gasteiger partial charge in [-0.15, -0.1) is 0 Å². The van der Waals surface area contributed by atoms with Crippen molar-refractivity contribution in [2.75, 3.05) is 13.1 Å². The van der Waals surface area contributed by atoms with Crippen LogP contribution in [0.25, 0.3) is 0 Å². The lowest BCUT2D eigenvalue weighted by Crippen LogP contribution is -2.34. The number of nitrogens with zero attached hydrogens (tertiary/aromatic N) is 2. The molecule has 0 fully saturated rings. The van der Waals surface area contributed by atoms with Crippen molar-refractivity contribution in [2.24, 2.45) is 0 Å². The molecule has 2 rings (SSSR count). The third-order valence-electron chi connectivity index (χ3n) is 2.91. The lowest BCUT2D eigenvalue weighted by molar-refractivity contribution is 0.236. The summed E-state index contributed by atoms with van der Waals surface area (Å²) in [6.45, 7) is 4.07. The van der Waals surface area contributed by atoms with E-state index in [1.807, 2.05) is 6.07 Å². The summed E-state index contributed by atoms with van der Waals surface area (Å²) in [6.07, 6.45) is 1.07. The van der Waals surface area contributed by atoms with Crippen LogP contribution in [0.1, 0.15) is 24.1 Å². The van der Waals surface area contributed by atoms with E-state index in [1.54, 1.807) is 0 Å². The Kier molecular flexibility index (Phi) is 2.51. The maximum atomic E-state index is 9.15. The number of hydrogen-bond acceptors (Lipinski definition) is 2. The fourth-order valence-electron chi connectivity index (χ4n) is 2.11. The van der Waals surface area contributed by atoms with Crippen LogP contribution in [0.15, 0.2) is 24.3 Å². The van der Waals surface area contributed by atoms with Crippen LogP contribution < -0.4 is 0 Å². The molecule has 0 aromatic heterocycles. The van der Waals surface area contributed by atoms with Crippen LogP contribution in [0.5, 0.6) is 0 Å².